The summed E-state index contributed by atoms with van der Waals surface area (Å²) in [6.07, 6.45) is 0.776. The molecule has 0 aliphatic rings. The van der Waals surface area contributed by atoms with E-state index in [-0.39, 0.29) is 11.9 Å². The van der Waals surface area contributed by atoms with Gasteiger partial charge in [-0.2, -0.15) is 0 Å². The van der Waals surface area contributed by atoms with Crippen molar-refractivity contribution in [1.82, 2.24) is 10.3 Å². The van der Waals surface area contributed by atoms with Gasteiger partial charge in [0.1, 0.15) is 5.69 Å². The van der Waals surface area contributed by atoms with E-state index >= 15 is 0 Å². The lowest BCUT2D eigenvalue weighted by Crippen LogP contribution is -2.29. The average molecular weight is 342 g/mol. The number of H-pyrrole nitrogens is 1. The molecule has 0 aliphatic carbocycles. The van der Waals surface area contributed by atoms with Gasteiger partial charge in [-0.1, -0.05) is 36.8 Å². The Bertz CT molecular complexity index is 760. The van der Waals surface area contributed by atoms with E-state index in [9.17, 15) is 9.59 Å². The number of hydrogen-bond acceptors (Lipinski definition) is 3. The molecular formula is C20H26N2O3. The summed E-state index contributed by atoms with van der Waals surface area (Å²) in [5.41, 5.74) is 4.35. The molecule has 1 aromatic carbocycles. The van der Waals surface area contributed by atoms with E-state index in [4.69, 9.17) is 4.74 Å². The van der Waals surface area contributed by atoms with E-state index in [0.29, 0.717) is 29.1 Å². The van der Waals surface area contributed by atoms with Crippen LogP contribution < -0.4 is 5.32 Å². The highest BCUT2D eigenvalue weighted by Crippen LogP contribution is 2.22. The minimum Gasteiger partial charge on any atom is -0.462 e. The first-order valence-electron chi connectivity index (χ1n) is 8.62. The van der Waals surface area contributed by atoms with Crippen LogP contribution in [0.5, 0.6) is 0 Å². The summed E-state index contributed by atoms with van der Waals surface area (Å²) in [6, 6.07) is 8.05. The molecule has 2 N–H and O–H groups in total. The van der Waals surface area contributed by atoms with Crippen LogP contribution in [0.2, 0.25) is 0 Å². The van der Waals surface area contributed by atoms with Gasteiger partial charge in [0.2, 0.25) is 0 Å². The third-order valence-corrected chi connectivity index (χ3v) is 4.34. The normalized spacial score (nSPS) is 11.9. The van der Waals surface area contributed by atoms with Crippen molar-refractivity contribution in [2.45, 2.75) is 47.1 Å². The third-order valence-electron chi connectivity index (χ3n) is 4.34. The highest BCUT2D eigenvalue weighted by Gasteiger charge is 2.24. The average Bonchev–Trinajstić information content (AvgIpc) is 2.88. The van der Waals surface area contributed by atoms with Crippen LogP contribution in [0, 0.1) is 20.8 Å². The number of amides is 1. The molecule has 2 aromatic rings. The van der Waals surface area contributed by atoms with Crippen molar-refractivity contribution >= 4 is 11.9 Å². The molecule has 0 bridgehead atoms. The largest absolute Gasteiger partial charge is 0.462 e. The summed E-state index contributed by atoms with van der Waals surface area (Å²) >= 11 is 0. The number of carbonyl (C=O) groups excluding carboxylic acids is 2. The zero-order chi connectivity index (χ0) is 18.6. The summed E-state index contributed by atoms with van der Waals surface area (Å²) in [6.45, 7) is 9.66. The fraction of sp³-hybridized carbons (Fsp3) is 0.400. The van der Waals surface area contributed by atoms with Crippen LogP contribution >= 0.6 is 0 Å². The van der Waals surface area contributed by atoms with E-state index in [2.05, 4.69) is 10.3 Å². The van der Waals surface area contributed by atoms with Gasteiger partial charge in [0.25, 0.3) is 5.91 Å². The zero-order valence-corrected chi connectivity index (χ0v) is 15.5. The summed E-state index contributed by atoms with van der Waals surface area (Å²) < 4.78 is 5.07. The van der Waals surface area contributed by atoms with Crippen LogP contribution in [0.1, 0.15) is 69.5 Å². The zero-order valence-electron chi connectivity index (χ0n) is 15.5. The second kappa shape index (κ2) is 8.01. The number of aryl methyl sites for hydroxylation is 2. The first kappa shape index (κ1) is 18.8. The third kappa shape index (κ3) is 4.10. The highest BCUT2D eigenvalue weighted by molar-refractivity contribution is 6.00. The number of aromatic nitrogens is 1. The van der Waals surface area contributed by atoms with Crippen molar-refractivity contribution in [2.75, 3.05) is 6.61 Å². The number of hydrogen-bond donors (Lipinski definition) is 2. The smallest absolute Gasteiger partial charge is 0.340 e. The van der Waals surface area contributed by atoms with Crippen molar-refractivity contribution in [1.29, 1.82) is 0 Å². The second-order valence-corrected chi connectivity index (χ2v) is 6.19. The van der Waals surface area contributed by atoms with Gasteiger partial charge in [-0.25, -0.2) is 4.79 Å². The molecule has 1 atom stereocenters. The Hall–Kier alpha value is -2.56. The van der Waals surface area contributed by atoms with E-state index < -0.39 is 5.97 Å². The van der Waals surface area contributed by atoms with Crippen molar-refractivity contribution in [2.24, 2.45) is 0 Å². The lowest BCUT2D eigenvalue weighted by atomic mass is 10.0. The fourth-order valence-electron chi connectivity index (χ4n) is 2.94. The van der Waals surface area contributed by atoms with E-state index in [0.717, 1.165) is 12.0 Å². The minimum absolute atomic E-state index is 0.0813. The molecule has 1 aromatic heterocycles. The molecule has 0 saturated heterocycles. The molecule has 134 valence electrons. The quantitative estimate of drug-likeness (QED) is 0.780. The monoisotopic (exact) mass is 342 g/mol. The van der Waals surface area contributed by atoms with Gasteiger partial charge in [0.15, 0.2) is 0 Å². The topological polar surface area (TPSA) is 71.2 Å². The first-order valence-corrected chi connectivity index (χ1v) is 8.62. The molecule has 0 saturated carbocycles. The Morgan fingerprint density at radius 3 is 2.32 bits per heavy atom. The van der Waals surface area contributed by atoms with Crippen LogP contribution in [0.15, 0.2) is 24.3 Å². The van der Waals surface area contributed by atoms with Crippen molar-refractivity contribution < 1.29 is 14.3 Å². The maximum Gasteiger partial charge on any atom is 0.340 e. The maximum atomic E-state index is 12.7. The van der Waals surface area contributed by atoms with Crippen LogP contribution in [0.25, 0.3) is 0 Å². The Labute approximate surface area is 148 Å². The van der Waals surface area contributed by atoms with Crippen molar-refractivity contribution in [3.8, 4) is 0 Å². The van der Waals surface area contributed by atoms with Gasteiger partial charge < -0.3 is 15.0 Å². The molecular weight excluding hydrogens is 316 g/mol. The van der Waals surface area contributed by atoms with Crippen LogP contribution in [0.3, 0.4) is 0 Å². The van der Waals surface area contributed by atoms with Crippen LogP contribution in [-0.2, 0) is 4.74 Å². The molecule has 2 rings (SSSR count). The summed E-state index contributed by atoms with van der Waals surface area (Å²) in [7, 11) is 0. The van der Waals surface area contributed by atoms with Gasteiger partial charge in [0, 0.05) is 5.69 Å². The SMILES string of the molecule is CCOC(=O)c1c(C)[nH]c(C(=O)N[C@H](CC)c2ccc(C)cc2)c1C. The number of carbonyl (C=O) groups is 2. The van der Waals surface area contributed by atoms with Crippen LogP contribution in [-0.4, -0.2) is 23.5 Å². The summed E-state index contributed by atoms with van der Waals surface area (Å²) in [5.74, 6) is -0.623. The van der Waals surface area contributed by atoms with E-state index in [1.807, 2.05) is 38.1 Å². The summed E-state index contributed by atoms with van der Waals surface area (Å²) in [4.78, 5) is 27.8. The molecule has 0 radical (unpaired) electrons. The van der Waals surface area contributed by atoms with Crippen molar-refractivity contribution in [3.63, 3.8) is 0 Å². The van der Waals surface area contributed by atoms with Gasteiger partial charge in [-0.05, 0) is 45.2 Å². The standard InChI is InChI=1S/C20H26N2O3/c1-6-16(15-10-8-12(3)9-11-15)22-19(23)18-13(4)17(14(5)21-18)20(24)25-7-2/h8-11,16,21H,6-7H2,1-5H3,(H,22,23)/t16-/m1/s1. The highest BCUT2D eigenvalue weighted by atomic mass is 16.5. The van der Waals surface area contributed by atoms with Gasteiger partial charge in [0.05, 0.1) is 18.2 Å². The Morgan fingerprint density at radius 2 is 1.76 bits per heavy atom. The fourth-order valence-corrected chi connectivity index (χ4v) is 2.94. The number of nitrogens with one attached hydrogen (secondary N) is 2. The van der Waals surface area contributed by atoms with Crippen molar-refractivity contribution in [3.05, 3.63) is 57.9 Å². The molecule has 5 heteroatoms. The lowest BCUT2D eigenvalue weighted by molar-refractivity contribution is 0.0525. The number of esters is 1. The van der Waals surface area contributed by atoms with Crippen LogP contribution in [0.4, 0.5) is 0 Å². The predicted molar refractivity (Wildman–Crippen MR) is 97.9 cm³/mol. The summed E-state index contributed by atoms with van der Waals surface area (Å²) in [5, 5.41) is 3.05. The molecule has 25 heavy (non-hydrogen) atoms. The van der Waals surface area contributed by atoms with Gasteiger partial charge in [-0.3, -0.25) is 4.79 Å². The molecule has 5 nitrogen and oxygen atoms in total. The van der Waals surface area contributed by atoms with E-state index in [1.54, 1.807) is 20.8 Å². The lowest BCUT2D eigenvalue weighted by Gasteiger charge is -2.17. The number of benzene rings is 1. The second-order valence-electron chi connectivity index (χ2n) is 6.19. The Morgan fingerprint density at radius 1 is 1.12 bits per heavy atom. The molecule has 0 spiro atoms. The molecule has 0 fully saturated rings. The van der Waals surface area contributed by atoms with Gasteiger partial charge in [-0.15, -0.1) is 0 Å². The Kier molecular flexibility index (Phi) is 6.02. The minimum atomic E-state index is -0.404. The number of ether oxygens (including phenoxy) is 1. The number of rotatable bonds is 6. The van der Waals surface area contributed by atoms with Gasteiger partial charge >= 0.3 is 5.97 Å². The van der Waals surface area contributed by atoms with E-state index in [1.165, 1.54) is 5.56 Å². The molecule has 0 unspecified atom stereocenters. The molecule has 1 heterocycles. The maximum absolute atomic E-state index is 12.7. The molecule has 1 amide bonds. The molecule has 0 aliphatic heterocycles. The Balaban J connectivity index is 2.24. The number of aromatic amines is 1. The first-order chi connectivity index (χ1) is 11.9. The predicted octanol–water partition coefficient (Wildman–Crippen LogP) is 4.00.